The SMILES string of the molecule is Cc1cccc(-c2noc([C@H]3CCCN(S(=O)(=O)c4ccc(Cl)cc4)C3)n2)c1. The predicted molar refractivity (Wildman–Crippen MR) is 107 cm³/mol. The standard InChI is InChI=1S/C20H20ClN3O3S/c1-14-4-2-5-15(12-14)19-22-20(27-23-19)16-6-3-11-24(13-16)28(25,26)18-9-7-17(21)8-10-18/h2,4-5,7-10,12,16H,3,6,11,13H2,1H3/t16-/m0/s1. The minimum absolute atomic E-state index is 0.123. The van der Waals surface area contributed by atoms with Gasteiger partial charge in [0.1, 0.15) is 0 Å². The van der Waals surface area contributed by atoms with Crippen LogP contribution in [-0.2, 0) is 10.0 Å². The Morgan fingerprint density at radius 1 is 1.18 bits per heavy atom. The number of piperidine rings is 1. The van der Waals surface area contributed by atoms with Crippen molar-refractivity contribution in [3.63, 3.8) is 0 Å². The highest BCUT2D eigenvalue weighted by Gasteiger charge is 2.33. The fourth-order valence-electron chi connectivity index (χ4n) is 3.42. The zero-order chi connectivity index (χ0) is 19.7. The third-order valence-electron chi connectivity index (χ3n) is 4.90. The number of nitrogens with zero attached hydrogens (tertiary/aromatic N) is 3. The average molecular weight is 418 g/mol. The van der Waals surface area contributed by atoms with Gasteiger partial charge in [-0.2, -0.15) is 9.29 Å². The van der Waals surface area contributed by atoms with Gasteiger partial charge in [-0.05, 0) is 50.1 Å². The smallest absolute Gasteiger partial charge is 0.243 e. The summed E-state index contributed by atoms with van der Waals surface area (Å²) in [7, 11) is -3.59. The van der Waals surface area contributed by atoms with Gasteiger partial charge in [0.05, 0.1) is 10.8 Å². The largest absolute Gasteiger partial charge is 0.339 e. The second-order valence-corrected chi connectivity index (χ2v) is 9.36. The summed E-state index contributed by atoms with van der Waals surface area (Å²) in [6.45, 7) is 2.80. The molecule has 0 radical (unpaired) electrons. The maximum atomic E-state index is 13.0. The lowest BCUT2D eigenvalue weighted by Gasteiger charge is -2.30. The number of rotatable bonds is 4. The van der Waals surface area contributed by atoms with Gasteiger partial charge in [0, 0.05) is 23.7 Å². The van der Waals surface area contributed by atoms with Gasteiger partial charge in [0.15, 0.2) is 0 Å². The molecule has 2 heterocycles. The third-order valence-corrected chi connectivity index (χ3v) is 7.03. The molecule has 0 N–H and O–H groups in total. The van der Waals surface area contributed by atoms with E-state index < -0.39 is 10.0 Å². The summed E-state index contributed by atoms with van der Waals surface area (Å²) in [6.07, 6.45) is 1.54. The average Bonchev–Trinajstić information content (AvgIpc) is 3.19. The Labute approximate surface area is 169 Å². The maximum absolute atomic E-state index is 13.0. The van der Waals surface area contributed by atoms with E-state index in [1.54, 1.807) is 12.1 Å². The van der Waals surface area contributed by atoms with Gasteiger partial charge in [0.2, 0.25) is 21.7 Å². The maximum Gasteiger partial charge on any atom is 0.243 e. The number of hydrogen-bond donors (Lipinski definition) is 0. The number of sulfonamides is 1. The molecule has 0 saturated carbocycles. The van der Waals surface area contributed by atoms with Crippen LogP contribution in [0.1, 0.15) is 30.2 Å². The molecule has 4 rings (SSSR count). The molecule has 1 aromatic heterocycles. The lowest BCUT2D eigenvalue weighted by atomic mass is 10.00. The van der Waals surface area contributed by atoms with Crippen LogP contribution in [-0.4, -0.2) is 36.0 Å². The summed E-state index contributed by atoms with van der Waals surface area (Å²) >= 11 is 5.88. The van der Waals surface area contributed by atoms with Crippen molar-refractivity contribution < 1.29 is 12.9 Å². The first-order valence-corrected chi connectivity index (χ1v) is 10.9. The molecule has 8 heteroatoms. The van der Waals surface area contributed by atoms with Gasteiger partial charge >= 0.3 is 0 Å². The molecule has 0 unspecified atom stereocenters. The first-order valence-electron chi connectivity index (χ1n) is 9.10. The third kappa shape index (κ3) is 3.83. The molecule has 2 aromatic carbocycles. The number of benzene rings is 2. The van der Waals surface area contributed by atoms with Gasteiger partial charge in [-0.15, -0.1) is 0 Å². The molecule has 1 aliphatic heterocycles. The van der Waals surface area contributed by atoms with E-state index in [1.807, 2.05) is 31.2 Å². The van der Waals surface area contributed by atoms with Crippen molar-refractivity contribution >= 4 is 21.6 Å². The van der Waals surface area contributed by atoms with E-state index >= 15 is 0 Å². The molecule has 1 fully saturated rings. The fourth-order valence-corrected chi connectivity index (χ4v) is 5.07. The highest BCUT2D eigenvalue weighted by atomic mass is 35.5. The van der Waals surface area contributed by atoms with E-state index in [1.165, 1.54) is 16.4 Å². The molecular weight excluding hydrogens is 398 g/mol. The second-order valence-electron chi connectivity index (χ2n) is 6.98. The van der Waals surface area contributed by atoms with E-state index in [4.69, 9.17) is 16.1 Å². The van der Waals surface area contributed by atoms with E-state index in [2.05, 4.69) is 10.1 Å². The van der Waals surface area contributed by atoms with E-state index in [9.17, 15) is 8.42 Å². The normalized spacial score (nSPS) is 18.3. The molecule has 0 amide bonds. The number of aryl methyl sites for hydroxylation is 1. The topological polar surface area (TPSA) is 76.3 Å². The Hall–Kier alpha value is -2.22. The van der Waals surface area contributed by atoms with Crippen LogP contribution in [0.5, 0.6) is 0 Å². The van der Waals surface area contributed by atoms with E-state index in [-0.39, 0.29) is 10.8 Å². The minimum atomic E-state index is -3.59. The van der Waals surface area contributed by atoms with Gasteiger partial charge in [-0.3, -0.25) is 0 Å². The quantitative estimate of drug-likeness (QED) is 0.633. The summed E-state index contributed by atoms with van der Waals surface area (Å²) < 4.78 is 32.9. The van der Waals surface area contributed by atoms with Crippen molar-refractivity contribution in [3.05, 3.63) is 65.0 Å². The van der Waals surface area contributed by atoms with E-state index in [0.717, 1.165) is 24.0 Å². The summed E-state index contributed by atoms with van der Waals surface area (Å²) in [5.74, 6) is 0.880. The molecule has 1 aliphatic rings. The molecule has 3 aromatic rings. The van der Waals surface area contributed by atoms with Crippen LogP contribution in [0.4, 0.5) is 0 Å². The number of aromatic nitrogens is 2. The van der Waals surface area contributed by atoms with Crippen molar-refractivity contribution in [3.8, 4) is 11.4 Å². The van der Waals surface area contributed by atoms with Crippen molar-refractivity contribution in [2.75, 3.05) is 13.1 Å². The summed E-state index contributed by atoms with van der Waals surface area (Å²) in [6, 6.07) is 14.1. The van der Waals surface area contributed by atoms with Gasteiger partial charge in [-0.25, -0.2) is 8.42 Å². The lowest BCUT2D eigenvalue weighted by molar-refractivity contribution is 0.265. The first kappa shape index (κ1) is 19.1. The molecule has 146 valence electrons. The molecule has 0 spiro atoms. The zero-order valence-corrected chi connectivity index (χ0v) is 16.9. The summed E-state index contributed by atoms with van der Waals surface area (Å²) in [5.41, 5.74) is 2.00. The molecule has 28 heavy (non-hydrogen) atoms. The predicted octanol–water partition coefficient (Wildman–Crippen LogP) is 4.27. The summed E-state index contributed by atoms with van der Waals surface area (Å²) in [5, 5.41) is 4.59. The Morgan fingerprint density at radius 3 is 2.71 bits per heavy atom. The minimum Gasteiger partial charge on any atom is -0.339 e. The molecule has 0 aliphatic carbocycles. The Morgan fingerprint density at radius 2 is 1.96 bits per heavy atom. The Balaban J connectivity index is 1.55. The van der Waals surface area contributed by atoms with Crippen molar-refractivity contribution in [2.45, 2.75) is 30.6 Å². The number of hydrogen-bond acceptors (Lipinski definition) is 5. The summed E-state index contributed by atoms with van der Waals surface area (Å²) in [4.78, 5) is 4.77. The zero-order valence-electron chi connectivity index (χ0n) is 15.4. The second kappa shape index (κ2) is 7.66. The highest BCUT2D eigenvalue weighted by Crippen LogP contribution is 2.31. The van der Waals surface area contributed by atoms with E-state index in [0.29, 0.717) is 29.8 Å². The Bertz CT molecular complexity index is 1080. The molecule has 1 saturated heterocycles. The molecular formula is C20H20ClN3O3S. The molecule has 0 bridgehead atoms. The van der Waals surface area contributed by atoms with Crippen LogP contribution in [0, 0.1) is 6.92 Å². The van der Waals surface area contributed by atoms with Gasteiger partial charge in [-0.1, -0.05) is 40.5 Å². The van der Waals surface area contributed by atoms with Crippen molar-refractivity contribution in [1.29, 1.82) is 0 Å². The lowest BCUT2D eigenvalue weighted by Crippen LogP contribution is -2.39. The van der Waals surface area contributed by atoms with Crippen LogP contribution in [0.2, 0.25) is 5.02 Å². The highest BCUT2D eigenvalue weighted by molar-refractivity contribution is 7.89. The van der Waals surface area contributed by atoms with Crippen LogP contribution in [0.25, 0.3) is 11.4 Å². The first-order chi connectivity index (χ1) is 13.4. The number of halogens is 1. The van der Waals surface area contributed by atoms with Crippen molar-refractivity contribution in [2.24, 2.45) is 0 Å². The fraction of sp³-hybridized carbons (Fsp3) is 0.300. The van der Waals surface area contributed by atoms with Crippen LogP contribution in [0.15, 0.2) is 57.9 Å². The van der Waals surface area contributed by atoms with Crippen LogP contribution < -0.4 is 0 Å². The van der Waals surface area contributed by atoms with Crippen LogP contribution in [0.3, 0.4) is 0 Å². The monoisotopic (exact) mass is 417 g/mol. The molecule has 1 atom stereocenters. The van der Waals surface area contributed by atoms with Gasteiger partial charge in [0.25, 0.3) is 0 Å². The Kier molecular flexibility index (Phi) is 5.23. The van der Waals surface area contributed by atoms with Crippen LogP contribution >= 0.6 is 11.6 Å². The van der Waals surface area contributed by atoms with Gasteiger partial charge < -0.3 is 4.52 Å². The molecule has 6 nitrogen and oxygen atoms in total. The van der Waals surface area contributed by atoms with Crippen molar-refractivity contribution in [1.82, 2.24) is 14.4 Å².